The highest BCUT2D eigenvalue weighted by atomic mass is 16.5. The molecule has 35 heavy (non-hydrogen) atoms. The van der Waals surface area contributed by atoms with Crippen LogP contribution in [0.1, 0.15) is 82.4 Å². The molecule has 0 bridgehead atoms. The molecular weight excluding hydrogens is 434 g/mol. The molecule has 5 nitrogen and oxygen atoms in total. The van der Waals surface area contributed by atoms with Gasteiger partial charge < -0.3 is 15.4 Å². The van der Waals surface area contributed by atoms with E-state index in [9.17, 15) is 4.79 Å². The van der Waals surface area contributed by atoms with Crippen molar-refractivity contribution in [3.8, 4) is 5.75 Å². The number of primary amides is 1. The summed E-state index contributed by atoms with van der Waals surface area (Å²) in [7, 11) is 1.66. The number of methoxy groups -OCH3 is 1. The Morgan fingerprint density at radius 2 is 1.69 bits per heavy atom. The summed E-state index contributed by atoms with van der Waals surface area (Å²) < 4.78 is 5.26. The van der Waals surface area contributed by atoms with Gasteiger partial charge in [0.25, 0.3) is 0 Å². The van der Waals surface area contributed by atoms with Gasteiger partial charge in [-0.25, -0.2) is 4.98 Å². The summed E-state index contributed by atoms with van der Waals surface area (Å²) in [5.74, 6) is 2.04. The van der Waals surface area contributed by atoms with Crippen molar-refractivity contribution in [2.75, 3.05) is 12.0 Å². The zero-order valence-corrected chi connectivity index (χ0v) is 22.0. The van der Waals surface area contributed by atoms with Crippen LogP contribution in [0.3, 0.4) is 0 Å². The highest BCUT2D eigenvalue weighted by Crippen LogP contribution is 2.37. The number of pyridine rings is 1. The number of amides is 1. The summed E-state index contributed by atoms with van der Waals surface area (Å²) in [6.45, 7) is 8.59. The second-order valence-electron chi connectivity index (χ2n) is 8.86. The maximum absolute atomic E-state index is 12.3. The van der Waals surface area contributed by atoms with Gasteiger partial charge in [0.15, 0.2) is 0 Å². The van der Waals surface area contributed by atoms with Crippen LogP contribution in [0.5, 0.6) is 5.75 Å². The molecule has 1 aliphatic carbocycles. The van der Waals surface area contributed by atoms with E-state index in [1.54, 1.807) is 7.11 Å². The van der Waals surface area contributed by atoms with Crippen LogP contribution in [-0.2, 0) is 17.8 Å². The zero-order valence-electron chi connectivity index (χ0n) is 22.0. The second-order valence-corrected chi connectivity index (χ2v) is 8.86. The molecule has 5 heteroatoms. The summed E-state index contributed by atoms with van der Waals surface area (Å²) >= 11 is 0. The van der Waals surface area contributed by atoms with Crippen molar-refractivity contribution in [1.29, 1.82) is 0 Å². The summed E-state index contributed by atoms with van der Waals surface area (Å²) in [4.78, 5) is 19.3. The van der Waals surface area contributed by atoms with Gasteiger partial charge in [0, 0.05) is 18.4 Å². The lowest BCUT2D eigenvalue weighted by atomic mass is 9.83. The maximum Gasteiger partial charge on any atom is 0.240 e. The van der Waals surface area contributed by atoms with Gasteiger partial charge in [-0.15, -0.1) is 0 Å². The Balaban J connectivity index is 0.000000815. The highest BCUT2D eigenvalue weighted by Gasteiger charge is 2.34. The third-order valence-electron chi connectivity index (χ3n) is 6.87. The number of hydrogen-bond acceptors (Lipinski definition) is 4. The molecule has 1 unspecified atom stereocenters. The van der Waals surface area contributed by atoms with Crippen LogP contribution in [0, 0.1) is 0 Å². The number of carbonyl (C=O) groups excluding carboxylic acids is 1. The molecular formula is C30H41N3O2. The summed E-state index contributed by atoms with van der Waals surface area (Å²) in [6.07, 6.45) is 7.18. The lowest BCUT2D eigenvalue weighted by Crippen LogP contribution is -2.42. The smallest absolute Gasteiger partial charge is 0.240 e. The fourth-order valence-electron chi connectivity index (χ4n) is 5.15. The van der Waals surface area contributed by atoms with E-state index >= 15 is 0 Å². The van der Waals surface area contributed by atoms with Crippen LogP contribution in [0.2, 0.25) is 0 Å². The fourth-order valence-corrected chi connectivity index (χ4v) is 5.15. The number of benzene rings is 2. The van der Waals surface area contributed by atoms with E-state index in [0.29, 0.717) is 18.9 Å². The number of ether oxygens (including phenoxy) is 1. The van der Waals surface area contributed by atoms with E-state index in [2.05, 4.69) is 24.3 Å². The van der Waals surface area contributed by atoms with Crippen LogP contribution in [0.25, 0.3) is 10.9 Å². The van der Waals surface area contributed by atoms with E-state index in [0.717, 1.165) is 33.6 Å². The van der Waals surface area contributed by atoms with Crippen LogP contribution >= 0.6 is 0 Å². The molecule has 5 rings (SSSR count). The first kappa shape index (κ1) is 26.5. The monoisotopic (exact) mass is 475 g/mol. The van der Waals surface area contributed by atoms with E-state index < -0.39 is 0 Å². The Morgan fingerprint density at radius 1 is 1.00 bits per heavy atom. The number of nitrogens with zero attached hydrogens (tertiary/aromatic N) is 2. The van der Waals surface area contributed by atoms with Crippen molar-refractivity contribution in [3.63, 3.8) is 0 Å². The van der Waals surface area contributed by atoms with Crippen molar-refractivity contribution in [3.05, 3.63) is 65.2 Å². The molecule has 2 N–H and O–H groups in total. The Morgan fingerprint density at radius 3 is 2.31 bits per heavy atom. The summed E-state index contributed by atoms with van der Waals surface area (Å²) in [6, 6.07) is 16.4. The Kier molecular flexibility index (Phi) is 9.53. The fraction of sp³-hybridized carbons (Fsp3) is 0.467. The second kappa shape index (κ2) is 12.6. The first-order chi connectivity index (χ1) is 17.1. The molecule has 2 aromatic carbocycles. The minimum Gasteiger partial charge on any atom is -0.497 e. The Bertz CT molecular complexity index is 1100. The molecule has 1 aliphatic heterocycles. The van der Waals surface area contributed by atoms with Gasteiger partial charge in [0.1, 0.15) is 17.6 Å². The molecule has 1 aromatic heterocycles. The minimum atomic E-state index is -0.376. The van der Waals surface area contributed by atoms with Crippen molar-refractivity contribution in [2.24, 2.45) is 5.73 Å². The van der Waals surface area contributed by atoms with Crippen molar-refractivity contribution < 1.29 is 9.53 Å². The lowest BCUT2D eigenvalue weighted by molar-refractivity contribution is -0.119. The molecule has 1 fully saturated rings. The van der Waals surface area contributed by atoms with E-state index in [-0.39, 0.29) is 11.9 Å². The zero-order chi connectivity index (χ0) is 25.4. The third-order valence-corrected chi connectivity index (χ3v) is 6.87. The first-order valence-electron chi connectivity index (χ1n) is 13.2. The van der Waals surface area contributed by atoms with Crippen LogP contribution < -0.4 is 15.4 Å². The molecule has 2 aliphatic rings. The standard InChI is InChI=1S/C26H29N3O2.2C2H6/c1-31-22-10-7-17(8-11-22)16-29-24(25(27)30)15-21-14-20-13-19(18-5-3-2-4-6-18)9-12-23(20)28-26(21)29;2*1-2/h7-14,18,24H,2-6,15-16H2,1H3,(H2,27,30);2*1-2H3. The van der Waals surface area contributed by atoms with Crippen molar-refractivity contribution >= 4 is 22.6 Å². The van der Waals surface area contributed by atoms with Gasteiger partial charge in [-0.2, -0.15) is 0 Å². The topological polar surface area (TPSA) is 68.4 Å². The van der Waals surface area contributed by atoms with Gasteiger partial charge >= 0.3 is 0 Å². The molecule has 188 valence electrons. The lowest BCUT2D eigenvalue weighted by Gasteiger charge is -2.25. The molecule has 0 spiro atoms. The number of anilines is 1. The van der Waals surface area contributed by atoms with Gasteiger partial charge in [-0.05, 0) is 65.8 Å². The van der Waals surface area contributed by atoms with E-state index in [4.69, 9.17) is 15.5 Å². The van der Waals surface area contributed by atoms with Crippen molar-refractivity contribution in [1.82, 2.24) is 4.98 Å². The van der Waals surface area contributed by atoms with Gasteiger partial charge in [-0.3, -0.25) is 4.79 Å². The molecule has 1 atom stereocenters. The number of nitrogens with two attached hydrogens (primary N) is 1. The number of fused-ring (bicyclic) bond motifs is 2. The summed E-state index contributed by atoms with van der Waals surface area (Å²) in [5, 5.41) is 1.16. The molecule has 0 radical (unpaired) electrons. The Labute approximate surface area is 210 Å². The van der Waals surface area contributed by atoms with Crippen LogP contribution in [-0.4, -0.2) is 24.0 Å². The maximum atomic E-state index is 12.3. The predicted molar refractivity (Wildman–Crippen MR) is 146 cm³/mol. The molecule has 1 amide bonds. The normalized spacial score (nSPS) is 17.1. The number of hydrogen-bond donors (Lipinski definition) is 1. The summed E-state index contributed by atoms with van der Waals surface area (Å²) in [5.41, 5.74) is 10.4. The minimum absolute atomic E-state index is 0.307. The SMILES string of the molecule is CC.CC.COc1ccc(CN2c3nc4ccc(C5CCCCC5)cc4cc3CC2C(N)=O)cc1. The van der Waals surface area contributed by atoms with Gasteiger partial charge in [0.2, 0.25) is 5.91 Å². The number of aromatic nitrogens is 1. The molecule has 2 heterocycles. The highest BCUT2D eigenvalue weighted by molar-refractivity contribution is 5.89. The predicted octanol–water partition coefficient (Wildman–Crippen LogP) is 6.76. The van der Waals surface area contributed by atoms with E-state index in [1.807, 2.05) is 56.9 Å². The Hall–Kier alpha value is -3.08. The molecule has 3 aromatic rings. The number of carbonyl (C=O) groups is 1. The van der Waals surface area contributed by atoms with E-state index in [1.165, 1.54) is 37.7 Å². The molecule has 1 saturated carbocycles. The van der Waals surface area contributed by atoms with Gasteiger partial charge in [-0.1, -0.05) is 65.2 Å². The number of rotatable bonds is 5. The quantitative estimate of drug-likeness (QED) is 0.443. The van der Waals surface area contributed by atoms with Gasteiger partial charge in [0.05, 0.1) is 12.6 Å². The third kappa shape index (κ3) is 5.95. The van der Waals surface area contributed by atoms with Crippen molar-refractivity contribution in [2.45, 2.75) is 84.7 Å². The average Bonchev–Trinajstić information content (AvgIpc) is 3.27. The largest absolute Gasteiger partial charge is 0.497 e. The molecule has 0 saturated heterocycles. The van der Waals surface area contributed by atoms with Crippen LogP contribution in [0.15, 0.2) is 48.5 Å². The average molecular weight is 476 g/mol. The first-order valence-corrected chi connectivity index (χ1v) is 13.2. The van der Waals surface area contributed by atoms with Crippen LogP contribution in [0.4, 0.5) is 5.82 Å².